The summed E-state index contributed by atoms with van der Waals surface area (Å²) in [5.41, 5.74) is 6.68. The Morgan fingerprint density at radius 3 is 3.25 bits per heavy atom. The first-order chi connectivity index (χ1) is 7.72. The van der Waals surface area contributed by atoms with Crippen molar-refractivity contribution in [1.82, 2.24) is 15.1 Å². The molecular weight excluding hydrogens is 224 g/mol. The summed E-state index contributed by atoms with van der Waals surface area (Å²) in [6, 6.07) is 0.275. The van der Waals surface area contributed by atoms with E-state index >= 15 is 0 Å². The summed E-state index contributed by atoms with van der Waals surface area (Å²) >= 11 is 1.87. The van der Waals surface area contributed by atoms with Crippen molar-refractivity contribution in [3.05, 3.63) is 11.9 Å². The highest BCUT2D eigenvalue weighted by molar-refractivity contribution is 7.99. The smallest absolute Gasteiger partial charge is 0.271 e. The summed E-state index contributed by atoms with van der Waals surface area (Å²) in [5, 5.41) is 7.05. The molecule has 0 saturated carbocycles. The second kappa shape index (κ2) is 4.78. The number of hydrogen-bond acceptors (Lipinski definition) is 4. The molecule has 2 heterocycles. The summed E-state index contributed by atoms with van der Waals surface area (Å²) in [6.45, 7) is 2.59. The van der Waals surface area contributed by atoms with Gasteiger partial charge in [-0.3, -0.25) is 9.48 Å². The van der Waals surface area contributed by atoms with E-state index in [1.165, 1.54) is 6.20 Å². The number of carbonyl (C=O) groups is 1. The van der Waals surface area contributed by atoms with Crippen molar-refractivity contribution in [2.45, 2.75) is 25.9 Å². The SMILES string of the molecule is CCn1ncc(N)c1C(=O)NC1CCSC1. The van der Waals surface area contributed by atoms with Crippen molar-refractivity contribution in [2.75, 3.05) is 17.2 Å². The number of anilines is 1. The van der Waals surface area contributed by atoms with Crippen molar-refractivity contribution in [3.8, 4) is 0 Å². The Kier molecular flexibility index (Phi) is 3.38. The fourth-order valence-corrected chi connectivity index (χ4v) is 2.94. The number of rotatable bonds is 3. The maximum absolute atomic E-state index is 12.0. The van der Waals surface area contributed by atoms with Gasteiger partial charge in [0.2, 0.25) is 0 Å². The highest BCUT2D eigenvalue weighted by Gasteiger charge is 2.22. The van der Waals surface area contributed by atoms with E-state index in [9.17, 15) is 4.79 Å². The largest absolute Gasteiger partial charge is 0.396 e. The van der Waals surface area contributed by atoms with Crippen LogP contribution in [0.3, 0.4) is 0 Å². The molecule has 1 saturated heterocycles. The molecule has 5 nitrogen and oxygen atoms in total. The third-order valence-corrected chi connectivity index (χ3v) is 3.81. The molecule has 0 bridgehead atoms. The summed E-state index contributed by atoms with van der Waals surface area (Å²) in [4.78, 5) is 12.0. The van der Waals surface area contributed by atoms with E-state index in [1.54, 1.807) is 4.68 Å². The molecule has 0 spiro atoms. The lowest BCUT2D eigenvalue weighted by molar-refractivity contribution is 0.0931. The highest BCUT2D eigenvalue weighted by Crippen LogP contribution is 2.18. The molecule has 1 aromatic rings. The van der Waals surface area contributed by atoms with Crippen LogP contribution in [0.4, 0.5) is 5.69 Å². The molecule has 0 radical (unpaired) electrons. The molecule has 88 valence electrons. The van der Waals surface area contributed by atoms with Gasteiger partial charge in [0.05, 0.1) is 11.9 Å². The molecular formula is C10H16N4OS. The third-order valence-electron chi connectivity index (χ3n) is 2.65. The minimum absolute atomic E-state index is 0.107. The van der Waals surface area contributed by atoms with Crippen LogP contribution in [0, 0.1) is 0 Å². The normalized spacial score (nSPS) is 19.9. The van der Waals surface area contributed by atoms with Gasteiger partial charge >= 0.3 is 0 Å². The molecule has 3 N–H and O–H groups in total. The molecule has 1 fully saturated rings. The van der Waals surface area contributed by atoms with E-state index < -0.39 is 0 Å². The van der Waals surface area contributed by atoms with Crippen LogP contribution in [0.15, 0.2) is 6.20 Å². The van der Waals surface area contributed by atoms with Gasteiger partial charge in [0.1, 0.15) is 5.69 Å². The van der Waals surface area contributed by atoms with E-state index in [4.69, 9.17) is 5.73 Å². The average Bonchev–Trinajstić information content (AvgIpc) is 2.87. The Morgan fingerprint density at radius 1 is 1.81 bits per heavy atom. The number of nitrogens with zero attached hydrogens (tertiary/aromatic N) is 2. The highest BCUT2D eigenvalue weighted by atomic mass is 32.2. The van der Waals surface area contributed by atoms with Crippen LogP contribution in [0.2, 0.25) is 0 Å². The van der Waals surface area contributed by atoms with Gasteiger partial charge in [-0.05, 0) is 19.1 Å². The number of nitrogen functional groups attached to an aromatic ring is 1. The van der Waals surface area contributed by atoms with E-state index in [1.807, 2.05) is 18.7 Å². The van der Waals surface area contributed by atoms with Crippen LogP contribution < -0.4 is 11.1 Å². The van der Waals surface area contributed by atoms with Gasteiger partial charge in [-0.1, -0.05) is 0 Å². The Morgan fingerprint density at radius 2 is 2.62 bits per heavy atom. The Balaban J connectivity index is 2.10. The van der Waals surface area contributed by atoms with Crippen LogP contribution in [0.25, 0.3) is 0 Å². The van der Waals surface area contributed by atoms with E-state index in [0.717, 1.165) is 17.9 Å². The number of hydrogen-bond donors (Lipinski definition) is 2. The van der Waals surface area contributed by atoms with E-state index in [0.29, 0.717) is 17.9 Å². The lowest BCUT2D eigenvalue weighted by Crippen LogP contribution is -2.36. The minimum atomic E-state index is -0.107. The number of aryl methyl sites for hydroxylation is 1. The summed E-state index contributed by atoms with van der Waals surface area (Å²) < 4.78 is 1.63. The van der Waals surface area contributed by atoms with Crippen molar-refractivity contribution < 1.29 is 4.79 Å². The fraction of sp³-hybridized carbons (Fsp3) is 0.600. The average molecular weight is 240 g/mol. The fourth-order valence-electron chi connectivity index (χ4n) is 1.79. The number of nitrogens with one attached hydrogen (secondary N) is 1. The van der Waals surface area contributed by atoms with Crippen molar-refractivity contribution in [1.29, 1.82) is 0 Å². The molecule has 1 amide bonds. The lowest BCUT2D eigenvalue weighted by atomic mass is 10.2. The molecule has 1 aliphatic rings. The van der Waals surface area contributed by atoms with Gasteiger partial charge in [0.25, 0.3) is 5.91 Å². The molecule has 16 heavy (non-hydrogen) atoms. The van der Waals surface area contributed by atoms with Crippen LogP contribution >= 0.6 is 11.8 Å². The number of amides is 1. The first kappa shape index (κ1) is 11.3. The second-order valence-electron chi connectivity index (χ2n) is 3.80. The standard InChI is InChI=1S/C10H16N4OS/c1-2-14-9(8(11)5-12-14)10(15)13-7-3-4-16-6-7/h5,7H,2-4,6,11H2,1H3,(H,13,15). The second-order valence-corrected chi connectivity index (χ2v) is 4.95. The van der Waals surface area contributed by atoms with Gasteiger partial charge < -0.3 is 11.1 Å². The molecule has 1 aliphatic heterocycles. The topological polar surface area (TPSA) is 72.9 Å². The van der Waals surface area contributed by atoms with Crippen LogP contribution in [0.1, 0.15) is 23.8 Å². The minimum Gasteiger partial charge on any atom is -0.396 e. The quantitative estimate of drug-likeness (QED) is 0.816. The summed E-state index contributed by atoms with van der Waals surface area (Å²) in [7, 11) is 0. The van der Waals surface area contributed by atoms with Crippen LogP contribution in [-0.2, 0) is 6.54 Å². The molecule has 0 aliphatic carbocycles. The van der Waals surface area contributed by atoms with Gasteiger partial charge in [0.15, 0.2) is 0 Å². The maximum atomic E-state index is 12.0. The predicted octanol–water partition coefficient (Wildman–Crippen LogP) is 0.720. The molecule has 6 heteroatoms. The van der Waals surface area contributed by atoms with E-state index in [-0.39, 0.29) is 11.9 Å². The summed E-state index contributed by atoms with van der Waals surface area (Å²) in [6.07, 6.45) is 2.57. The number of nitrogens with two attached hydrogens (primary N) is 1. The Bertz CT molecular complexity index is 384. The molecule has 0 aromatic carbocycles. The van der Waals surface area contributed by atoms with Gasteiger partial charge in [-0.15, -0.1) is 0 Å². The van der Waals surface area contributed by atoms with Gasteiger partial charge in [-0.2, -0.15) is 16.9 Å². The zero-order valence-corrected chi connectivity index (χ0v) is 10.1. The predicted molar refractivity (Wildman–Crippen MR) is 65.5 cm³/mol. The summed E-state index contributed by atoms with van der Waals surface area (Å²) in [5.74, 6) is 2.00. The van der Waals surface area contributed by atoms with Gasteiger partial charge in [-0.25, -0.2) is 0 Å². The molecule has 2 rings (SSSR count). The first-order valence-corrected chi connectivity index (χ1v) is 6.57. The molecule has 1 atom stereocenters. The van der Waals surface area contributed by atoms with Gasteiger partial charge in [0, 0.05) is 18.3 Å². The Hall–Kier alpha value is -1.17. The molecule has 1 aromatic heterocycles. The molecule has 1 unspecified atom stereocenters. The monoisotopic (exact) mass is 240 g/mol. The number of carbonyl (C=O) groups excluding carboxylic acids is 1. The van der Waals surface area contributed by atoms with Crippen molar-refractivity contribution in [3.63, 3.8) is 0 Å². The van der Waals surface area contributed by atoms with Crippen molar-refractivity contribution in [2.24, 2.45) is 0 Å². The number of aromatic nitrogens is 2. The van der Waals surface area contributed by atoms with Crippen LogP contribution in [0.5, 0.6) is 0 Å². The zero-order valence-electron chi connectivity index (χ0n) is 9.27. The third kappa shape index (κ3) is 2.16. The maximum Gasteiger partial charge on any atom is 0.271 e. The van der Waals surface area contributed by atoms with Crippen molar-refractivity contribution >= 4 is 23.4 Å². The lowest BCUT2D eigenvalue weighted by Gasteiger charge is -2.12. The zero-order chi connectivity index (χ0) is 11.5. The van der Waals surface area contributed by atoms with E-state index in [2.05, 4.69) is 10.4 Å². The first-order valence-electron chi connectivity index (χ1n) is 5.42. The number of thioether (sulfide) groups is 1. The Labute approximate surface area is 98.8 Å². The van der Waals surface area contributed by atoms with Crippen LogP contribution in [-0.4, -0.2) is 33.2 Å².